The summed E-state index contributed by atoms with van der Waals surface area (Å²) in [5.74, 6) is 3.57. The Labute approximate surface area is 303 Å². The first-order valence-electron chi connectivity index (χ1n) is 17.9. The quantitative estimate of drug-likeness (QED) is 0.252. The third-order valence-corrected chi connectivity index (χ3v) is 10.5. The van der Waals surface area contributed by atoms with E-state index in [0.717, 1.165) is 57.6 Å². The molecule has 2 saturated heterocycles. The number of carbonyl (C=O) groups excluding carboxylic acids is 3. The molecule has 12 heteroatoms. The zero-order valence-electron chi connectivity index (χ0n) is 30.5. The number of nitrogens with one attached hydrogen (secondary N) is 2. The SMILES string of the molecule is COC(=O)N[C@H](C(=O)N1CC(F)(F)C[C@H]1C1=NC=C(c2ccc3cc(C#Cc4cnc([C@@H]5CCCN5C(=O)[C@@H](C)C(C)C)[nH]4)ccc3c2)C1)C(C)C. The van der Waals surface area contributed by atoms with Gasteiger partial charge in [0.25, 0.3) is 5.92 Å². The van der Waals surface area contributed by atoms with Gasteiger partial charge < -0.3 is 24.8 Å². The van der Waals surface area contributed by atoms with E-state index in [1.165, 1.54) is 7.11 Å². The van der Waals surface area contributed by atoms with Crippen molar-refractivity contribution in [1.29, 1.82) is 0 Å². The third-order valence-electron chi connectivity index (χ3n) is 10.5. The molecule has 4 heterocycles. The van der Waals surface area contributed by atoms with Crippen LogP contribution in [0.15, 0.2) is 53.8 Å². The normalized spacial score (nSPS) is 20.8. The number of aromatic nitrogens is 2. The second kappa shape index (κ2) is 14.9. The standard InChI is InChI=1S/C40H46F2N6O4/c1-23(2)25(5)37(49)47-15-7-8-33(47)36-44-21-31(45-36)14-10-26-9-11-28-17-29(13-12-27(28)16-26)30-18-32(43-20-30)34-19-40(41,42)22-48(34)38(50)35(24(3)4)46-39(51)52-6/h9,11-13,16-17,20-21,23-25,33-35H,7-8,15,18-19,22H2,1-6H3,(H,44,45)(H,46,51)/t25-,33-,34-,35-/m0/s1. The fraction of sp³-hybridized carbons (Fsp3) is 0.475. The highest BCUT2D eigenvalue weighted by atomic mass is 19.3. The summed E-state index contributed by atoms with van der Waals surface area (Å²) in [4.78, 5) is 54.0. The molecule has 274 valence electrons. The lowest BCUT2D eigenvalue weighted by atomic mass is 9.95. The smallest absolute Gasteiger partial charge is 0.407 e. The largest absolute Gasteiger partial charge is 0.453 e. The van der Waals surface area contributed by atoms with Crippen molar-refractivity contribution in [2.24, 2.45) is 22.7 Å². The molecule has 0 aliphatic carbocycles. The summed E-state index contributed by atoms with van der Waals surface area (Å²) in [5, 5.41) is 4.48. The van der Waals surface area contributed by atoms with Crippen molar-refractivity contribution in [2.45, 2.75) is 84.4 Å². The van der Waals surface area contributed by atoms with E-state index in [4.69, 9.17) is 0 Å². The number of hydrogen-bond acceptors (Lipinski definition) is 6. The first-order valence-corrected chi connectivity index (χ1v) is 17.9. The van der Waals surface area contributed by atoms with Gasteiger partial charge >= 0.3 is 6.09 Å². The van der Waals surface area contributed by atoms with Crippen LogP contribution < -0.4 is 5.32 Å². The molecule has 3 aliphatic heterocycles. The number of nitrogens with zero attached hydrogens (tertiary/aromatic N) is 4. The summed E-state index contributed by atoms with van der Waals surface area (Å²) in [6.07, 6.45) is 4.23. The number of likely N-dealkylation sites (tertiary alicyclic amines) is 2. The van der Waals surface area contributed by atoms with Gasteiger partial charge in [-0.05, 0) is 70.7 Å². The fourth-order valence-electron chi connectivity index (χ4n) is 7.15. The van der Waals surface area contributed by atoms with E-state index in [1.807, 2.05) is 48.2 Å². The number of methoxy groups -OCH3 is 1. The van der Waals surface area contributed by atoms with Gasteiger partial charge in [-0.1, -0.05) is 58.7 Å². The molecule has 2 aromatic carbocycles. The van der Waals surface area contributed by atoms with Crippen LogP contribution in [0, 0.1) is 29.6 Å². The molecule has 3 aromatic rings. The second-order valence-corrected chi connectivity index (χ2v) is 14.8. The van der Waals surface area contributed by atoms with E-state index < -0.39 is 43.0 Å². The molecule has 0 saturated carbocycles. The highest BCUT2D eigenvalue weighted by Gasteiger charge is 2.50. The molecule has 10 nitrogen and oxygen atoms in total. The van der Waals surface area contributed by atoms with Crippen LogP contribution in [0.3, 0.4) is 0 Å². The summed E-state index contributed by atoms with van der Waals surface area (Å²) in [5.41, 5.74) is 3.79. The molecule has 6 rings (SSSR count). The number of rotatable bonds is 8. The Morgan fingerprint density at radius 2 is 1.73 bits per heavy atom. The molecular formula is C40H46F2N6O4. The van der Waals surface area contributed by atoms with Crippen LogP contribution in [0.1, 0.15) is 89.0 Å². The highest BCUT2D eigenvalue weighted by Crippen LogP contribution is 2.38. The first kappa shape index (κ1) is 36.7. The Bertz CT molecular complexity index is 1990. The Balaban J connectivity index is 1.12. The van der Waals surface area contributed by atoms with Crippen LogP contribution in [0.4, 0.5) is 13.6 Å². The number of imidazole rings is 1. The molecule has 2 fully saturated rings. The average Bonchev–Trinajstić information content (AvgIpc) is 3.94. The Morgan fingerprint density at radius 1 is 0.981 bits per heavy atom. The van der Waals surface area contributed by atoms with Crippen LogP contribution in [0.2, 0.25) is 0 Å². The summed E-state index contributed by atoms with van der Waals surface area (Å²) >= 11 is 0. The molecule has 0 unspecified atom stereocenters. The summed E-state index contributed by atoms with van der Waals surface area (Å²) in [6.45, 7) is 9.60. The molecule has 2 N–H and O–H groups in total. The van der Waals surface area contributed by atoms with Gasteiger partial charge in [-0.2, -0.15) is 0 Å². The maximum atomic E-state index is 14.8. The lowest BCUT2D eigenvalue weighted by Gasteiger charge is -2.30. The Kier molecular flexibility index (Phi) is 10.5. The van der Waals surface area contributed by atoms with Crippen molar-refractivity contribution < 1.29 is 27.9 Å². The van der Waals surface area contributed by atoms with Gasteiger partial charge in [0, 0.05) is 42.8 Å². The van der Waals surface area contributed by atoms with Gasteiger partial charge in [-0.25, -0.2) is 18.6 Å². The van der Waals surface area contributed by atoms with Crippen LogP contribution in [0.5, 0.6) is 0 Å². The number of alkyl halides is 2. The number of alkyl carbamates (subject to hydrolysis) is 1. The summed E-state index contributed by atoms with van der Waals surface area (Å²) < 4.78 is 34.2. The molecule has 52 heavy (non-hydrogen) atoms. The Hall–Kier alpha value is -5.05. The molecule has 4 atom stereocenters. The molecular weight excluding hydrogens is 666 g/mol. The zero-order valence-corrected chi connectivity index (χ0v) is 30.5. The number of H-pyrrole nitrogens is 1. The average molecular weight is 713 g/mol. The maximum absolute atomic E-state index is 14.8. The van der Waals surface area contributed by atoms with Crippen LogP contribution in [0.25, 0.3) is 16.3 Å². The van der Waals surface area contributed by atoms with Crippen molar-refractivity contribution in [2.75, 3.05) is 20.2 Å². The minimum absolute atomic E-state index is 0.0441. The third kappa shape index (κ3) is 7.73. The molecule has 3 amide bonds. The van der Waals surface area contributed by atoms with Crippen LogP contribution in [-0.4, -0.2) is 81.6 Å². The van der Waals surface area contributed by atoms with E-state index in [0.29, 0.717) is 17.8 Å². The Morgan fingerprint density at radius 3 is 2.46 bits per heavy atom. The number of carbonyl (C=O) groups is 3. The van der Waals surface area contributed by atoms with E-state index in [2.05, 4.69) is 50.7 Å². The van der Waals surface area contributed by atoms with Crippen LogP contribution >= 0.6 is 0 Å². The number of allylic oxidation sites excluding steroid dienone is 1. The maximum Gasteiger partial charge on any atom is 0.407 e. The topological polar surface area (TPSA) is 120 Å². The number of aromatic amines is 1. The fourth-order valence-corrected chi connectivity index (χ4v) is 7.15. The zero-order chi connectivity index (χ0) is 37.3. The van der Waals surface area contributed by atoms with Crippen molar-refractivity contribution in [3.8, 4) is 11.8 Å². The van der Waals surface area contributed by atoms with Crippen LogP contribution in [-0.2, 0) is 14.3 Å². The number of benzene rings is 2. The second-order valence-electron chi connectivity index (χ2n) is 14.8. The first-order chi connectivity index (χ1) is 24.7. The number of hydrogen-bond donors (Lipinski definition) is 2. The van der Waals surface area contributed by atoms with Gasteiger partial charge in [0.1, 0.15) is 17.6 Å². The van der Waals surface area contributed by atoms with Crippen molar-refractivity contribution in [1.82, 2.24) is 25.1 Å². The van der Waals surface area contributed by atoms with Gasteiger partial charge in [-0.15, -0.1) is 0 Å². The lowest BCUT2D eigenvalue weighted by Crippen LogP contribution is -2.54. The number of halogens is 2. The molecule has 0 bridgehead atoms. The van der Waals surface area contributed by atoms with Crippen molar-refractivity contribution >= 4 is 40.0 Å². The van der Waals surface area contributed by atoms with Crippen molar-refractivity contribution in [3.05, 3.63) is 71.4 Å². The molecule has 0 spiro atoms. The number of fused-ring (bicyclic) bond motifs is 1. The van der Waals surface area contributed by atoms with Gasteiger partial charge in [0.2, 0.25) is 11.8 Å². The van der Waals surface area contributed by atoms with E-state index in [-0.39, 0.29) is 29.7 Å². The number of aliphatic imine (C=N–C) groups is 1. The number of amides is 3. The van der Waals surface area contributed by atoms with E-state index in [9.17, 15) is 23.2 Å². The summed E-state index contributed by atoms with van der Waals surface area (Å²) in [6, 6.07) is 9.99. The highest BCUT2D eigenvalue weighted by molar-refractivity contribution is 6.04. The predicted octanol–water partition coefficient (Wildman–Crippen LogP) is 6.72. The molecule has 1 aromatic heterocycles. The summed E-state index contributed by atoms with van der Waals surface area (Å²) in [7, 11) is 1.19. The van der Waals surface area contributed by atoms with Crippen molar-refractivity contribution in [3.63, 3.8) is 0 Å². The van der Waals surface area contributed by atoms with Gasteiger partial charge in [0.05, 0.1) is 31.9 Å². The molecule has 0 radical (unpaired) electrons. The predicted molar refractivity (Wildman–Crippen MR) is 195 cm³/mol. The lowest BCUT2D eigenvalue weighted by molar-refractivity contribution is -0.137. The molecule has 3 aliphatic rings. The minimum atomic E-state index is -3.08. The monoisotopic (exact) mass is 712 g/mol. The number of ether oxygens (including phenoxy) is 1. The minimum Gasteiger partial charge on any atom is -0.453 e. The van der Waals surface area contributed by atoms with Gasteiger partial charge in [-0.3, -0.25) is 14.6 Å². The van der Waals surface area contributed by atoms with E-state index in [1.54, 1.807) is 26.2 Å². The van der Waals surface area contributed by atoms with Gasteiger partial charge in [0.15, 0.2) is 0 Å². The van der Waals surface area contributed by atoms with E-state index >= 15 is 0 Å².